The summed E-state index contributed by atoms with van der Waals surface area (Å²) in [4.78, 5) is 11.6. The van der Waals surface area contributed by atoms with Gasteiger partial charge in [-0.05, 0) is 17.7 Å². The minimum atomic E-state index is 0.0163. The number of benzene rings is 1. The van der Waals surface area contributed by atoms with Gasteiger partial charge in [-0.2, -0.15) is 0 Å². The summed E-state index contributed by atoms with van der Waals surface area (Å²) in [5, 5.41) is 0. The molecule has 17 heavy (non-hydrogen) atoms. The van der Waals surface area contributed by atoms with Gasteiger partial charge in [0.1, 0.15) is 0 Å². The largest absolute Gasteiger partial charge is 0.290 e. The normalized spacial score (nSPS) is 15.3. The molecule has 0 saturated heterocycles. The summed E-state index contributed by atoms with van der Waals surface area (Å²) < 4.78 is 0. The maximum Gasteiger partial charge on any atom is 0.178 e. The molecule has 0 radical (unpaired) electrons. The molecule has 0 heterocycles. The van der Waals surface area contributed by atoms with E-state index in [0.29, 0.717) is 0 Å². The summed E-state index contributed by atoms with van der Waals surface area (Å²) in [6.07, 6.45) is 15.0. The van der Waals surface area contributed by atoms with Gasteiger partial charge in [0.15, 0.2) is 5.78 Å². The zero-order valence-corrected chi connectivity index (χ0v) is 9.49. The third-order valence-electron chi connectivity index (χ3n) is 2.50. The van der Waals surface area contributed by atoms with Gasteiger partial charge >= 0.3 is 0 Å². The van der Waals surface area contributed by atoms with Crippen LogP contribution in [-0.4, -0.2) is 5.78 Å². The Bertz CT molecular complexity index is 478. The topological polar surface area (TPSA) is 17.1 Å². The molecule has 0 spiro atoms. The van der Waals surface area contributed by atoms with Gasteiger partial charge in [0.05, 0.1) is 0 Å². The first-order valence-electron chi connectivity index (χ1n) is 5.65. The van der Waals surface area contributed by atoms with Gasteiger partial charge in [0, 0.05) is 5.92 Å². The van der Waals surface area contributed by atoms with Crippen molar-refractivity contribution in [3.63, 3.8) is 0 Å². The molecule has 84 valence electrons. The van der Waals surface area contributed by atoms with E-state index >= 15 is 0 Å². The lowest BCUT2D eigenvalue weighted by molar-refractivity contribution is -0.110. The fourth-order valence-electron chi connectivity index (χ4n) is 1.58. The van der Waals surface area contributed by atoms with Crippen LogP contribution in [0.1, 0.15) is 5.56 Å². The van der Waals surface area contributed by atoms with Gasteiger partial charge in [0.25, 0.3) is 0 Å². The van der Waals surface area contributed by atoms with E-state index in [-0.39, 0.29) is 11.7 Å². The van der Waals surface area contributed by atoms with Crippen LogP contribution in [0.25, 0.3) is 6.08 Å². The first-order chi connectivity index (χ1) is 8.34. The van der Waals surface area contributed by atoms with Crippen LogP contribution in [0.3, 0.4) is 0 Å². The standard InChI is InChI=1S/C16H14O/c17-16(13-11-15-8-4-5-9-15)12-10-14-6-2-1-3-7-14/h1-13,15H/b12-10+,13-11+. The highest BCUT2D eigenvalue weighted by atomic mass is 16.1. The average molecular weight is 222 g/mol. The predicted octanol–water partition coefficient (Wildman–Crippen LogP) is 3.57. The molecule has 0 aliphatic heterocycles. The van der Waals surface area contributed by atoms with E-state index in [9.17, 15) is 4.79 Å². The highest BCUT2D eigenvalue weighted by Crippen LogP contribution is 2.10. The second-order valence-electron chi connectivity index (χ2n) is 3.85. The fourth-order valence-corrected chi connectivity index (χ4v) is 1.58. The first kappa shape index (κ1) is 11.3. The Labute approximate surface area is 101 Å². The molecule has 0 bridgehead atoms. The number of allylic oxidation sites excluding steroid dienone is 7. The van der Waals surface area contributed by atoms with Crippen LogP contribution in [0.5, 0.6) is 0 Å². The van der Waals surface area contributed by atoms with Gasteiger partial charge < -0.3 is 0 Å². The lowest BCUT2D eigenvalue weighted by Gasteiger charge is -1.93. The summed E-state index contributed by atoms with van der Waals surface area (Å²) in [5.41, 5.74) is 1.04. The molecule has 0 amide bonds. The quantitative estimate of drug-likeness (QED) is 0.712. The zero-order valence-electron chi connectivity index (χ0n) is 9.49. The Morgan fingerprint density at radius 1 is 1.00 bits per heavy atom. The third kappa shape index (κ3) is 3.72. The van der Waals surface area contributed by atoms with Gasteiger partial charge in [-0.1, -0.05) is 66.8 Å². The van der Waals surface area contributed by atoms with E-state index in [1.807, 2.05) is 66.8 Å². The van der Waals surface area contributed by atoms with E-state index in [0.717, 1.165) is 5.56 Å². The number of carbonyl (C=O) groups excluding carboxylic acids is 1. The minimum Gasteiger partial charge on any atom is -0.290 e. The lowest BCUT2D eigenvalue weighted by atomic mass is 10.1. The number of ketones is 1. The zero-order chi connectivity index (χ0) is 11.9. The van der Waals surface area contributed by atoms with Gasteiger partial charge in [-0.3, -0.25) is 4.79 Å². The lowest BCUT2D eigenvalue weighted by Crippen LogP contribution is -1.88. The number of hydrogen-bond acceptors (Lipinski definition) is 1. The Hall–Kier alpha value is -2.15. The van der Waals surface area contributed by atoms with Crippen molar-refractivity contribution >= 4 is 11.9 Å². The fraction of sp³-hybridized carbons (Fsp3) is 0.0625. The van der Waals surface area contributed by atoms with Crippen LogP contribution in [0.2, 0.25) is 0 Å². The Morgan fingerprint density at radius 3 is 2.41 bits per heavy atom. The summed E-state index contributed by atoms with van der Waals surface area (Å²) in [6, 6.07) is 9.80. The van der Waals surface area contributed by atoms with Crippen molar-refractivity contribution in [3.05, 3.63) is 78.4 Å². The maximum atomic E-state index is 11.6. The Morgan fingerprint density at radius 2 is 1.71 bits per heavy atom. The molecule has 0 saturated carbocycles. The van der Waals surface area contributed by atoms with Crippen molar-refractivity contribution < 1.29 is 4.79 Å². The van der Waals surface area contributed by atoms with Crippen molar-refractivity contribution in [3.8, 4) is 0 Å². The highest BCUT2D eigenvalue weighted by Gasteiger charge is 1.98. The molecule has 0 atom stereocenters. The monoisotopic (exact) mass is 222 g/mol. The summed E-state index contributed by atoms with van der Waals surface area (Å²) in [5.74, 6) is 0.284. The Balaban J connectivity index is 1.91. The second-order valence-corrected chi connectivity index (χ2v) is 3.85. The number of hydrogen-bond donors (Lipinski definition) is 0. The molecule has 1 heteroatoms. The summed E-state index contributed by atoms with van der Waals surface area (Å²) in [7, 11) is 0. The predicted molar refractivity (Wildman–Crippen MR) is 71.4 cm³/mol. The van der Waals surface area contributed by atoms with Crippen LogP contribution < -0.4 is 0 Å². The van der Waals surface area contributed by atoms with E-state index in [1.165, 1.54) is 0 Å². The molecule has 1 aliphatic rings. The van der Waals surface area contributed by atoms with Crippen molar-refractivity contribution in [2.45, 2.75) is 0 Å². The molecule has 2 rings (SSSR count). The van der Waals surface area contributed by atoms with E-state index in [2.05, 4.69) is 0 Å². The SMILES string of the molecule is O=C(/C=C/c1ccccc1)/C=C/C1C=CC=C1. The molecular weight excluding hydrogens is 208 g/mol. The van der Waals surface area contributed by atoms with Crippen LogP contribution >= 0.6 is 0 Å². The molecule has 1 aromatic carbocycles. The van der Waals surface area contributed by atoms with E-state index in [1.54, 1.807) is 12.2 Å². The van der Waals surface area contributed by atoms with Gasteiger partial charge in [-0.25, -0.2) is 0 Å². The second kappa shape index (κ2) is 5.80. The highest BCUT2D eigenvalue weighted by molar-refractivity contribution is 6.02. The molecule has 1 aliphatic carbocycles. The van der Waals surface area contributed by atoms with Gasteiger partial charge in [-0.15, -0.1) is 0 Å². The Kier molecular flexibility index (Phi) is 3.87. The number of carbonyl (C=O) groups is 1. The minimum absolute atomic E-state index is 0.0163. The number of rotatable bonds is 4. The van der Waals surface area contributed by atoms with E-state index in [4.69, 9.17) is 0 Å². The molecule has 0 N–H and O–H groups in total. The van der Waals surface area contributed by atoms with Crippen molar-refractivity contribution in [2.75, 3.05) is 0 Å². The van der Waals surface area contributed by atoms with Crippen molar-refractivity contribution in [2.24, 2.45) is 5.92 Å². The average Bonchev–Trinajstić information content (AvgIpc) is 2.88. The summed E-state index contributed by atoms with van der Waals surface area (Å²) >= 11 is 0. The van der Waals surface area contributed by atoms with Gasteiger partial charge in [0.2, 0.25) is 0 Å². The molecule has 0 aromatic heterocycles. The van der Waals surface area contributed by atoms with Crippen LogP contribution in [-0.2, 0) is 4.79 Å². The molecular formula is C16H14O. The summed E-state index contributed by atoms with van der Waals surface area (Å²) in [6.45, 7) is 0. The molecule has 0 unspecified atom stereocenters. The van der Waals surface area contributed by atoms with Crippen LogP contribution in [0.15, 0.2) is 72.9 Å². The molecule has 1 aromatic rings. The van der Waals surface area contributed by atoms with Crippen molar-refractivity contribution in [1.29, 1.82) is 0 Å². The molecule has 0 fully saturated rings. The van der Waals surface area contributed by atoms with Crippen LogP contribution in [0.4, 0.5) is 0 Å². The van der Waals surface area contributed by atoms with Crippen molar-refractivity contribution in [1.82, 2.24) is 0 Å². The molecule has 1 nitrogen and oxygen atoms in total. The smallest absolute Gasteiger partial charge is 0.178 e. The first-order valence-corrected chi connectivity index (χ1v) is 5.65. The van der Waals surface area contributed by atoms with Crippen LogP contribution in [0, 0.1) is 5.92 Å². The maximum absolute atomic E-state index is 11.6. The third-order valence-corrected chi connectivity index (χ3v) is 2.50. The van der Waals surface area contributed by atoms with E-state index < -0.39 is 0 Å².